The van der Waals surface area contributed by atoms with E-state index >= 15 is 0 Å². The fourth-order valence-corrected chi connectivity index (χ4v) is 1.72. The second-order valence-electron chi connectivity index (χ2n) is 3.99. The zero-order valence-electron chi connectivity index (χ0n) is 10.2. The van der Waals surface area contributed by atoms with Crippen LogP contribution in [0.15, 0.2) is 42.5 Å². The summed E-state index contributed by atoms with van der Waals surface area (Å²) in [5.41, 5.74) is 1.75. The van der Waals surface area contributed by atoms with Gasteiger partial charge in [0.2, 0.25) is 0 Å². The number of hydrogen-bond acceptors (Lipinski definition) is 3. The van der Waals surface area contributed by atoms with Crippen LogP contribution in [0.25, 0.3) is 5.57 Å². The lowest BCUT2D eigenvalue weighted by molar-refractivity contribution is -0.134. The Bertz CT molecular complexity index is 538. The molecule has 0 amide bonds. The van der Waals surface area contributed by atoms with Crippen molar-refractivity contribution in [3.8, 4) is 5.75 Å². The third kappa shape index (κ3) is 2.74. The summed E-state index contributed by atoms with van der Waals surface area (Å²) in [4.78, 5) is 22.5. The number of carbonyl (C=O) groups is 2. The minimum absolute atomic E-state index is 0.0850. The number of ether oxygens (including phenoxy) is 1. The molecule has 3 nitrogen and oxygen atoms in total. The van der Waals surface area contributed by atoms with Gasteiger partial charge in [0.1, 0.15) is 5.75 Å². The Balaban J connectivity index is 2.31. The summed E-state index contributed by atoms with van der Waals surface area (Å²) in [7, 11) is 0. The average Bonchev–Trinajstić information content (AvgIpc) is 2.40. The molecule has 1 aromatic rings. The van der Waals surface area contributed by atoms with E-state index in [2.05, 4.69) is 0 Å². The monoisotopic (exact) mass is 242 g/mol. The van der Waals surface area contributed by atoms with E-state index in [9.17, 15) is 9.59 Å². The molecule has 0 aliphatic heterocycles. The summed E-state index contributed by atoms with van der Waals surface area (Å²) < 4.78 is 5.28. The van der Waals surface area contributed by atoms with Gasteiger partial charge < -0.3 is 4.74 Å². The van der Waals surface area contributed by atoms with Crippen LogP contribution in [0.3, 0.4) is 0 Å². The number of hydrogen-bond donors (Lipinski definition) is 0. The van der Waals surface area contributed by atoms with Gasteiger partial charge in [0.25, 0.3) is 0 Å². The highest BCUT2D eigenvalue weighted by atomic mass is 16.5. The van der Waals surface area contributed by atoms with E-state index in [0.717, 1.165) is 11.1 Å². The first-order valence-electron chi connectivity index (χ1n) is 5.92. The Morgan fingerprint density at radius 3 is 2.72 bits per heavy atom. The van der Waals surface area contributed by atoms with Crippen molar-refractivity contribution in [3.63, 3.8) is 0 Å². The highest BCUT2D eigenvalue weighted by molar-refractivity contribution is 5.98. The van der Waals surface area contributed by atoms with Gasteiger partial charge in [0.15, 0.2) is 5.78 Å². The molecule has 1 aliphatic carbocycles. The van der Waals surface area contributed by atoms with Gasteiger partial charge in [-0.2, -0.15) is 0 Å². The molecule has 0 aromatic heterocycles. The molecule has 0 radical (unpaired) electrons. The van der Waals surface area contributed by atoms with Gasteiger partial charge in [-0.15, -0.1) is 0 Å². The van der Waals surface area contributed by atoms with Gasteiger partial charge in [-0.1, -0.05) is 37.3 Å². The second-order valence-corrected chi connectivity index (χ2v) is 3.99. The van der Waals surface area contributed by atoms with E-state index < -0.39 is 0 Å². The Hall–Kier alpha value is -2.16. The van der Waals surface area contributed by atoms with Crippen LogP contribution in [0.4, 0.5) is 0 Å². The van der Waals surface area contributed by atoms with Crippen molar-refractivity contribution in [2.45, 2.75) is 19.8 Å². The van der Waals surface area contributed by atoms with Gasteiger partial charge in [0.05, 0.1) is 0 Å². The lowest BCUT2D eigenvalue weighted by Gasteiger charge is -2.12. The molecule has 0 N–H and O–H groups in total. The van der Waals surface area contributed by atoms with Crippen LogP contribution < -0.4 is 4.74 Å². The van der Waals surface area contributed by atoms with E-state index in [0.29, 0.717) is 18.6 Å². The molecule has 0 fully saturated rings. The first-order valence-corrected chi connectivity index (χ1v) is 5.92. The molecular weight excluding hydrogens is 228 g/mol. The molecule has 0 atom stereocenters. The SMILES string of the molecule is CCC(=O)Oc1ccccc1C1=CCC(=O)C=C1. The van der Waals surface area contributed by atoms with Gasteiger partial charge in [-0.25, -0.2) is 0 Å². The molecular formula is C15H14O3. The summed E-state index contributed by atoms with van der Waals surface area (Å²) in [6, 6.07) is 7.34. The molecule has 0 spiro atoms. The van der Waals surface area contributed by atoms with Crippen molar-refractivity contribution in [1.82, 2.24) is 0 Å². The molecule has 2 rings (SSSR count). The van der Waals surface area contributed by atoms with Crippen LogP contribution >= 0.6 is 0 Å². The number of ketones is 1. The zero-order chi connectivity index (χ0) is 13.0. The van der Waals surface area contributed by atoms with E-state index in [-0.39, 0.29) is 11.8 Å². The molecule has 1 aromatic carbocycles. The lowest BCUT2D eigenvalue weighted by Crippen LogP contribution is -2.07. The first-order chi connectivity index (χ1) is 8.70. The molecule has 0 bridgehead atoms. The fraction of sp³-hybridized carbons (Fsp3) is 0.200. The van der Waals surface area contributed by atoms with E-state index in [1.807, 2.05) is 24.3 Å². The number of benzene rings is 1. The summed E-state index contributed by atoms with van der Waals surface area (Å²) in [5, 5.41) is 0. The molecule has 0 saturated carbocycles. The predicted octanol–water partition coefficient (Wildman–Crippen LogP) is 2.91. The van der Waals surface area contributed by atoms with Gasteiger partial charge >= 0.3 is 5.97 Å². The maximum Gasteiger partial charge on any atom is 0.310 e. The van der Waals surface area contributed by atoms with Crippen LogP contribution in [0.5, 0.6) is 5.75 Å². The Morgan fingerprint density at radius 1 is 1.28 bits per heavy atom. The minimum Gasteiger partial charge on any atom is -0.426 e. The van der Waals surface area contributed by atoms with E-state index in [1.165, 1.54) is 0 Å². The minimum atomic E-state index is -0.265. The maximum atomic E-state index is 11.4. The summed E-state index contributed by atoms with van der Waals surface area (Å²) in [6.07, 6.45) is 5.88. The van der Waals surface area contributed by atoms with Crippen molar-refractivity contribution >= 4 is 17.3 Å². The number of esters is 1. The quantitative estimate of drug-likeness (QED) is 0.604. The van der Waals surface area contributed by atoms with Crippen LogP contribution in [-0.4, -0.2) is 11.8 Å². The van der Waals surface area contributed by atoms with Crippen molar-refractivity contribution in [2.24, 2.45) is 0 Å². The number of carbonyl (C=O) groups excluding carboxylic acids is 2. The normalized spacial score (nSPS) is 14.3. The molecule has 18 heavy (non-hydrogen) atoms. The first kappa shape index (κ1) is 12.3. The largest absolute Gasteiger partial charge is 0.426 e. The number of rotatable bonds is 3. The highest BCUT2D eigenvalue weighted by Gasteiger charge is 2.12. The van der Waals surface area contributed by atoms with Crippen LogP contribution in [0.2, 0.25) is 0 Å². The van der Waals surface area contributed by atoms with Crippen LogP contribution in [0, 0.1) is 0 Å². The predicted molar refractivity (Wildman–Crippen MR) is 69.1 cm³/mol. The Labute approximate surface area is 106 Å². The molecule has 0 heterocycles. The van der Waals surface area contributed by atoms with Crippen LogP contribution in [0.1, 0.15) is 25.3 Å². The van der Waals surface area contributed by atoms with E-state index in [1.54, 1.807) is 25.1 Å². The van der Waals surface area contributed by atoms with E-state index in [4.69, 9.17) is 4.74 Å². The summed E-state index contributed by atoms with van der Waals surface area (Å²) >= 11 is 0. The van der Waals surface area contributed by atoms with Gasteiger partial charge in [-0.05, 0) is 17.7 Å². The zero-order valence-corrected chi connectivity index (χ0v) is 10.2. The maximum absolute atomic E-state index is 11.4. The molecule has 3 heteroatoms. The molecule has 0 saturated heterocycles. The third-order valence-corrected chi connectivity index (χ3v) is 2.68. The number of para-hydroxylation sites is 1. The summed E-state index contributed by atoms with van der Waals surface area (Å²) in [6.45, 7) is 1.75. The van der Waals surface area contributed by atoms with Gasteiger partial charge in [-0.3, -0.25) is 9.59 Å². The Kier molecular flexibility index (Phi) is 3.72. The standard InChI is InChI=1S/C15H14O3/c1-2-15(17)18-14-6-4-3-5-13(14)11-7-9-12(16)10-8-11/h3-9H,2,10H2,1H3. The smallest absolute Gasteiger partial charge is 0.310 e. The highest BCUT2D eigenvalue weighted by Crippen LogP contribution is 2.29. The molecule has 1 aliphatic rings. The van der Waals surface area contributed by atoms with Crippen molar-refractivity contribution < 1.29 is 14.3 Å². The van der Waals surface area contributed by atoms with Crippen LogP contribution in [-0.2, 0) is 9.59 Å². The van der Waals surface area contributed by atoms with Gasteiger partial charge in [0, 0.05) is 18.4 Å². The molecule has 0 unspecified atom stereocenters. The Morgan fingerprint density at radius 2 is 2.06 bits per heavy atom. The third-order valence-electron chi connectivity index (χ3n) is 2.68. The summed E-state index contributed by atoms with van der Waals surface area (Å²) in [5.74, 6) is 0.357. The average molecular weight is 242 g/mol. The second kappa shape index (κ2) is 5.45. The van der Waals surface area contributed by atoms with Crippen molar-refractivity contribution in [1.29, 1.82) is 0 Å². The van der Waals surface area contributed by atoms with Crippen molar-refractivity contribution in [3.05, 3.63) is 48.1 Å². The fourth-order valence-electron chi connectivity index (χ4n) is 1.72. The number of allylic oxidation sites excluding steroid dienone is 4. The topological polar surface area (TPSA) is 43.4 Å². The van der Waals surface area contributed by atoms with Crippen molar-refractivity contribution in [2.75, 3.05) is 0 Å². The molecule has 92 valence electrons. The lowest BCUT2D eigenvalue weighted by atomic mass is 9.98.